The molecule has 1 aromatic carbocycles. The van der Waals surface area contributed by atoms with E-state index in [9.17, 15) is 4.79 Å². The Morgan fingerprint density at radius 3 is 2.57 bits per heavy atom. The van der Waals surface area contributed by atoms with Crippen molar-refractivity contribution in [3.05, 3.63) is 41.2 Å². The van der Waals surface area contributed by atoms with Gasteiger partial charge in [-0.15, -0.1) is 0 Å². The van der Waals surface area contributed by atoms with Crippen LogP contribution in [0.5, 0.6) is 11.5 Å². The van der Waals surface area contributed by atoms with Gasteiger partial charge in [-0.1, -0.05) is 0 Å². The first kappa shape index (κ1) is 16.6. The number of nitrogens with zero attached hydrogens (tertiary/aromatic N) is 2. The molecule has 1 heterocycles. The lowest BCUT2D eigenvalue weighted by molar-refractivity contribution is -0.111. The van der Waals surface area contributed by atoms with Crippen LogP contribution in [-0.4, -0.2) is 29.9 Å². The summed E-state index contributed by atoms with van der Waals surface area (Å²) in [4.78, 5) is 12.1. The summed E-state index contributed by atoms with van der Waals surface area (Å²) >= 11 is 0. The normalized spacial score (nSPS) is 10.8. The van der Waals surface area contributed by atoms with Crippen LogP contribution in [0.4, 0.5) is 5.69 Å². The average Bonchev–Trinajstić information content (AvgIpc) is 2.78. The van der Waals surface area contributed by atoms with E-state index in [0.29, 0.717) is 17.2 Å². The van der Waals surface area contributed by atoms with E-state index in [-0.39, 0.29) is 5.91 Å². The molecule has 6 heteroatoms. The van der Waals surface area contributed by atoms with Crippen molar-refractivity contribution in [2.45, 2.75) is 13.8 Å². The number of anilines is 1. The third-order valence-electron chi connectivity index (χ3n) is 3.63. The van der Waals surface area contributed by atoms with Crippen LogP contribution >= 0.6 is 0 Å². The Morgan fingerprint density at radius 1 is 1.26 bits per heavy atom. The Morgan fingerprint density at radius 2 is 2.00 bits per heavy atom. The van der Waals surface area contributed by atoms with E-state index < -0.39 is 0 Å². The summed E-state index contributed by atoms with van der Waals surface area (Å²) in [7, 11) is 5.00. The fourth-order valence-electron chi connectivity index (χ4n) is 2.27. The van der Waals surface area contributed by atoms with Gasteiger partial charge in [-0.3, -0.25) is 9.48 Å². The van der Waals surface area contributed by atoms with Crippen molar-refractivity contribution in [2.24, 2.45) is 7.05 Å². The van der Waals surface area contributed by atoms with Crippen molar-refractivity contribution in [1.29, 1.82) is 0 Å². The second kappa shape index (κ2) is 7.00. The van der Waals surface area contributed by atoms with Crippen molar-refractivity contribution in [1.82, 2.24) is 9.78 Å². The molecule has 0 aliphatic rings. The lowest BCUT2D eigenvalue weighted by Gasteiger charge is -2.10. The van der Waals surface area contributed by atoms with Crippen LogP contribution in [0.2, 0.25) is 0 Å². The number of carbonyl (C=O) groups excluding carboxylic acids is 1. The van der Waals surface area contributed by atoms with Gasteiger partial charge < -0.3 is 14.8 Å². The molecule has 0 aliphatic heterocycles. The number of amides is 1. The van der Waals surface area contributed by atoms with Crippen molar-refractivity contribution in [3.8, 4) is 11.5 Å². The van der Waals surface area contributed by atoms with Gasteiger partial charge in [0.25, 0.3) is 0 Å². The fraction of sp³-hybridized carbons (Fsp3) is 0.294. The van der Waals surface area contributed by atoms with Gasteiger partial charge in [0.1, 0.15) is 11.5 Å². The number of rotatable bonds is 5. The monoisotopic (exact) mass is 315 g/mol. The molecule has 0 bridgehead atoms. The Labute approximate surface area is 135 Å². The number of aromatic nitrogens is 2. The van der Waals surface area contributed by atoms with Crippen LogP contribution in [0.3, 0.4) is 0 Å². The minimum Gasteiger partial charge on any atom is -0.497 e. The van der Waals surface area contributed by atoms with E-state index in [1.807, 2.05) is 20.9 Å². The molecule has 0 radical (unpaired) electrons. The summed E-state index contributed by atoms with van der Waals surface area (Å²) in [5.74, 6) is 0.966. The smallest absolute Gasteiger partial charge is 0.248 e. The van der Waals surface area contributed by atoms with E-state index in [2.05, 4.69) is 10.4 Å². The lowest BCUT2D eigenvalue weighted by Crippen LogP contribution is -2.09. The molecule has 122 valence electrons. The molecule has 0 spiro atoms. The molecule has 23 heavy (non-hydrogen) atoms. The van der Waals surface area contributed by atoms with Crippen molar-refractivity contribution < 1.29 is 14.3 Å². The second-order valence-corrected chi connectivity index (χ2v) is 5.10. The third kappa shape index (κ3) is 3.71. The van der Waals surface area contributed by atoms with E-state index in [0.717, 1.165) is 17.0 Å². The van der Waals surface area contributed by atoms with Crippen LogP contribution in [0.15, 0.2) is 24.3 Å². The lowest BCUT2D eigenvalue weighted by atomic mass is 10.2. The molecule has 0 atom stereocenters. The minimum absolute atomic E-state index is 0.240. The SMILES string of the molecule is COc1ccc(NC(=O)C=Cc2c(C)nn(C)c2C)c(OC)c1. The van der Waals surface area contributed by atoms with Crippen molar-refractivity contribution >= 4 is 17.7 Å². The molecule has 0 aliphatic carbocycles. The molecule has 0 fully saturated rings. The Bertz CT molecular complexity index is 748. The molecule has 1 N–H and O–H groups in total. The number of hydrogen-bond acceptors (Lipinski definition) is 4. The quantitative estimate of drug-likeness (QED) is 0.862. The number of nitrogens with one attached hydrogen (secondary N) is 1. The Kier molecular flexibility index (Phi) is 5.05. The number of aryl methyl sites for hydroxylation is 2. The van der Waals surface area contributed by atoms with Gasteiger partial charge in [0.2, 0.25) is 5.91 Å². The average molecular weight is 315 g/mol. The van der Waals surface area contributed by atoms with Crippen molar-refractivity contribution in [2.75, 3.05) is 19.5 Å². The van der Waals surface area contributed by atoms with Crippen LogP contribution < -0.4 is 14.8 Å². The maximum absolute atomic E-state index is 12.1. The fourth-order valence-corrected chi connectivity index (χ4v) is 2.27. The molecule has 2 aromatic rings. The molecule has 0 saturated heterocycles. The summed E-state index contributed by atoms with van der Waals surface area (Å²) in [5, 5.41) is 7.11. The maximum atomic E-state index is 12.1. The largest absolute Gasteiger partial charge is 0.497 e. The summed E-state index contributed by atoms with van der Waals surface area (Å²) in [6, 6.07) is 5.22. The molecule has 0 unspecified atom stereocenters. The number of carbonyl (C=O) groups is 1. The zero-order valence-corrected chi connectivity index (χ0v) is 14.0. The molecule has 2 rings (SSSR count). The van der Waals surface area contributed by atoms with Gasteiger partial charge in [0, 0.05) is 30.4 Å². The van der Waals surface area contributed by atoms with Crippen LogP contribution in [0.25, 0.3) is 6.08 Å². The number of methoxy groups -OCH3 is 2. The summed E-state index contributed by atoms with van der Waals surface area (Å²) < 4.78 is 12.2. The standard InChI is InChI=1S/C17H21N3O3/c1-11-14(12(2)20(3)19-11)7-9-17(21)18-15-8-6-13(22-4)10-16(15)23-5/h6-10H,1-5H3,(H,18,21). The predicted octanol–water partition coefficient (Wildman–Crippen LogP) is 2.71. The van der Waals surface area contributed by atoms with E-state index in [1.54, 1.807) is 43.2 Å². The molecule has 1 aromatic heterocycles. The van der Waals surface area contributed by atoms with Gasteiger partial charge in [-0.2, -0.15) is 5.10 Å². The van der Waals surface area contributed by atoms with E-state index in [1.165, 1.54) is 6.08 Å². The van der Waals surface area contributed by atoms with Gasteiger partial charge >= 0.3 is 0 Å². The van der Waals surface area contributed by atoms with E-state index in [4.69, 9.17) is 9.47 Å². The predicted molar refractivity (Wildman–Crippen MR) is 89.9 cm³/mol. The number of ether oxygens (including phenoxy) is 2. The van der Waals surface area contributed by atoms with Crippen molar-refractivity contribution in [3.63, 3.8) is 0 Å². The topological polar surface area (TPSA) is 65.4 Å². The molecular formula is C17H21N3O3. The molecule has 6 nitrogen and oxygen atoms in total. The Balaban J connectivity index is 2.15. The number of benzene rings is 1. The summed E-state index contributed by atoms with van der Waals surface area (Å²) in [6.07, 6.45) is 3.25. The van der Waals surface area contributed by atoms with E-state index >= 15 is 0 Å². The second-order valence-electron chi connectivity index (χ2n) is 5.10. The highest BCUT2D eigenvalue weighted by atomic mass is 16.5. The first-order valence-electron chi connectivity index (χ1n) is 7.17. The highest BCUT2D eigenvalue weighted by Crippen LogP contribution is 2.29. The first-order valence-corrected chi connectivity index (χ1v) is 7.17. The molecule has 0 saturated carbocycles. The maximum Gasteiger partial charge on any atom is 0.248 e. The van der Waals surface area contributed by atoms with Gasteiger partial charge in [-0.05, 0) is 32.1 Å². The van der Waals surface area contributed by atoms with Gasteiger partial charge in [-0.25, -0.2) is 0 Å². The highest BCUT2D eigenvalue weighted by Gasteiger charge is 2.09. The molecular weight excluding hydrogens is 294 g/mol. The highest BCUT2D eigenvalue weighted by molar-refractivity contribution is 6.03. The first-order chi connectivity index (χ1) is 11.0. The zero-order valence-electron chi connectivity index (χ0n) is 14.0. The van der Waals surface area contributed by atoms with Gasteiger partial charge in [0.05, 0.1) is 25.6 Å². The Hall–Kier alpha value is -2.76. The van der Waals surface area contributed by atoms with Crippen LogP contribution in [-0.2, 0) is 11.8 Å². The van der Waals surface area contributed by atoms with Gasteiger partial charge in [0.15, 0.2) is 0 Å². The summed E-state index contributed by atoms with van der Waals surface area (Å²) in [6.45, 7) is 3.88. The summed E-state index contributed by atoms with van der Waals surface area (Å²) in [5.41, 5.74) is 3.43. The zero-order chi connectivity index (χ0) is 17.0. The number of hydrogen-bond donors (Lipinski definition) is 1. The van der Waals surface area contributed by atoms with Crippen LogP contribution in [0.1, 0.15) is 17.0 Å². The van der Waals surface area contributed by atoms with Crippen LogP contribution in [0, 0.1) is 13.8 Å². The minimum atomic E-state index is -0.240. The third-order valence-corrected chi connectivity index (χ3v) is 3.63. The molecule has 1 amide bonds.